The number of benzene rings is 1. The summed E-state index contributed by atoms with van der Waals surface area (Å²) < 4.78 is 0.904. The number of rotatable bonds is 3. The van der Waals surface area contributed by atoms with Gasteiger partial charge in [0.25, 0.3) is 5.69 Å². The van der Waals surface area contributed by atoms with E-state index in [1.165, 1.54) is 13.0 Å². The molecular formula is C14H18BrN3O2. The quantitative estimate of drug-likeness (QED) is 0.678. The van der Waals surface area contributed by atoms with Crippen molar-refractivity contribution in [3.05, 3.63) is 32.3 Å². The second-order valence-electron chi connectivity index (χ2n) is 5.76. The predicted octanol–water partition coefficient (Wildman–Crippen LogP) is 3.17. The van der Waals surface area contributed by atoms with Crippen molar-refractivity contribution in [1.29, 1.82) is 0 Å². The maximum Gasteiger partial charge on any atom is 0.274 e. The number of nitro groups is 1. The van der Waals surface area contributed by atoms with Crippen LogP contribution in [0.4, 0.5) is 11.4 Å². The Kier molecular flexibility index (Phi) is 3.69. The van der Waals surface area contributed by atoms with Gasteiger partial charge >= 0.3 is 0 Å². The van der Waals surface area contributed by atoms with E-state index in [4.69, 9.17) is 0 Å². The number of piperidine rings is 1. The maximum atomic E-state index is 11.1. The molecular weight excluding hydrogens is 322 g/mol. The highest BCUT2D eigenvalue weighted by Gasteiger charge is 2.34. The van der Waals surface area contributed by atoms with Crippen molar-refractivity contribution in [3.8, 4) is 0 Å². The summed E-state index contributed by atoms with van der Waals surface area (Å²) in [5, 5.41) is 14.6. The first kappa shape index (κ1) is 13.8. The van der Waals surface area contributed by atoms with Crippen molar-refractivity contribution in [3.63, 3.8) is 0 Å². The lowest BCUT2D eigenvalue weighted by Gasteiger charge is -2.32. The molecule has 108 valence electrons. The van der Waals surface area contributed by atoms with E-state index < -0.39 is 0 Å². The summed E-state index contributed by atoms with van der Waals surface area (Å²) in [6, 6.07) is 3.90. The SMILES string of the molecule is Cc1cc(Br)c(NC2CCN3CCC2C3)cc1[N+](=O)[O-]. The van der Waals surface area contributed by atoms with Crippen LogP contribution in [-0.2, 0) is 0 Å². The monoisotopic (exact) mass is 339 g/mol. The van der Waals surface area contributed by atoms with Crippen LogP contribution in [0.2, 0.25) is 0 Å². The topological polar surface area (TPSA) is 58.4 Å². The molecule has 2 heterocycles. The first-order valence-corrected chi connectivity index (χ1v) is 7.77. The average molecular weight is 340 g/mol. The summed E-state index contributed by atoms with van der Waals surface area (Å²) in [6.07, 6.45) is 2.34. The largest absolute Gasteiger partial charge is 0.381 e. The first-order valence-electron chi connectivity index (χ1n) is 6.98. The summed E-state index contributed by atoms with van der Waals surface area (Å²) in [5.74, 6) is 0.663. The Morgan fingerprint density at radius 2 is 2.15 bits per heavy atom. The van der Waals surface area contributed by atoms with Crippen LogP contribution in [-0.4, -0.2) is 35.5 Å². The molecule has 6 heteroatoms. The molecule has 0 radical (unpaired) electrons. The highest BCUT2D eigenvalue weighted by Crippen LogP contribution is 2.34. The van der Waals surface area contributed by atoms with Crippen LogP contribution >= 0.6 is 15.9 Å². The predicted molar refractivity (Wildman–Crippen MR) is 82.1 cm³/mol. The minimum Gasteiger partial charge on any atom is -0.381 e. The molecule has 3 rings (SSSR count). The van der Waals surface area contributed by atoms with Gasteiger partial charge in [-0.1, -0.05) is 0 Å². The van der Waals surface area contributed by atoms with Gasteiger partial charge < -0.3 is 10.2 Å². The third kappa shape index (κ3) is 2.54. The minimum atomic E-state index is -0.314. The highest BCUT2D eigenvalue weighted by atomic mass is 79.9. The van der Waals surface area contributed by atoms with Gasteiger partial charge in [-0.25, -0.2) is 0 Å². The van der Waals surface area contributed by atoms with E-state index in [1.54, 1.807) is 13.0 Å². The fourth-order valence-corrected chi connectivity index (χ4v) is 3.88. The Labute approximate surface area is 126 Å². The molecule has 0 amide bonds. The molecule has 2 fully saturated rings. The zero-order chi connectivity index (χ0) is 14.3. The fourth-order valence-electron chi connectivity index (χ4n) is 3.31. The summed E-state index contributed by atoms with van der Waals surface area (Å²) in [6.45, 7) is 5.24. The standard InChI is InChI=1S/C14H18BrN3O2/c1-9-6-11(15)13(7-14(9)18(19)20)16-12-3-5-17-4-2-10(12)8-17/h6-7,10,12,16H,2-5,8H2,1H3. The lowest BCUT2D eigenvalue weighted by Crippen LogP contribution is -2.39. The van der Waals surface area contributed by atoms with Gasteiger partial charge in [-0.3, -0.25) is 10.1 Å². The lowest BCUT2D eigenvalue weighted by molar-refractivity contribution is -0.385. The number of halogens is 1. The molecule has 0 aromatic heterocycles. The molecule has 20 heavy (non-hydrogen) atoms. The van der Waals surface area contributed by atoms with Crippen molar-refractivity contribution in [2.45, 2.75) is 25.8 Å². The molecule has 2 bridgehead atoms. The summed E-state index contributed by atoms with van der Waals surface area (Å²) >= 11 is 3.51. The zero-order valence-corrected chi connectivity index (χ0v) is 13.0. The second-order valence-corrected chi connectivity index (χ2v) is 6.62. The van der Waals surface area contributed by atoms with Crippen LogP contribution in [0.15, 0.2) is 16.6 Å². The number of nitrogens with zero attached hydrogens (tertiary/aromatic N) is 2. The second kappa shape index (κ2) is 5.33. The van der Waals surface area contributed by atoms with Gasteiger partial charge in [-0.05, 0) is 54.2 Å². The van der Waals surface area contributed by atoms with E-state index in [0.29, 0.717) is 17.5 Å². The van der Waals surface area contributed by atoms with Crippen molar-refractivity contribution in [1.82, 2.24) is 4.90 Å². The average Bonchev–Trinajstić information content (AvgIpc) is 2.78. The number of nitro benzene ring substituents is 1. The molecule has 2 aliphatic heterocycles. The molecule has 0 spiro atoms. The molecule has 5 nitrogen and oxygen atoms in total. The molecule has 3 unspecified atom stereocenters. The van der Waals surface area contributed by atoms with Crippen LogP contribution in [0, 0.1) is 23.0 Å². The lowest BCUT2D eigenvalue weighted by atomic mass is 9.94. The summed E-state index contributed by atoms with van der Waals surface area (Å²) in [5.41, 5.74) is 1.70. The molecule has 0 aliphatic carbocycles. The van der Waals surface area contributed by atoms with Crippen LogP contribution in [0.5, 0.6) is 0 Å². The van der Waals surface area contributed by atoms with E-state index in [1.807, 2.05) is 6.07 Å². The zero-order valence-electron chi connectivity index (χ0n) is 11.4. The minimum absolute atomic E-state index is 0.180. The highest BCUT2D eigenvalue weighted by molar-refractivity contribution is 9.10. The number of aryl methyl sites for hydroxylation is 1. The molecule has 2 aliphatic rings. The molecule has 3 atom stereocenters. The van der Waals surface area contributed by atoms with Crippen molar-refractivity contribution in [2.24, 2.45) is 5.92 Å². The van der Waals surface area contributed by atoms with Crippen molar-refractivity contribution < 1.29 is 4.92 Å². The number of hydrogen-bond acceptors (Lipinski definition) is 4. The van der Waals surface area contributed by atoms with Gasteiger partial charge in [0.1, 0.15) is 0 Å². The number of fused-ring (bicyclic) bond motifs is 2. The molecule has 2 saturated heterocycles. The van der Waals surface area contributed by atoms with Gasteiger partial charge in [0.05, 0.1) is 10.6 Å². The van der Waals surface area contributed by atoms with Gasteiger partial charge in [-0.2, -0.15) is 0 Å². The van der Waals surface area contributed by atoms with Gasteiger partial charge in [0.15, 0.2) is 0 Å². The van der Waals surface area contributed by atoms with Crippen molar-refractivity contribution >= 4 is 27.3 Å². The summed E-state index contributed by atoms with van der Waals surface area (Å²) in [4.78, 5) is 13.2. The van der Waals surface area contributed by atoms with Crippen LogP contribution in [0.25, 0.3) is 0 Å². The Morgan fingerprint density at radius 1 is 1.40 bits per heavy atom. The Morgan fingerprint density at radius 3 is 2.90 bits per heavy atom. The third-order valence-corrected chi connectivity index (χ3v) is 5.11. The Bertz CT molecular complexity index is 549. The number of anilines is 1. The van der Waals surface area contributed by atoms with Crippen LogP contribution in [0.3, 0.4) is 0 Å². The van der Waals surface area contributed by atoms with Gasteiger partial charge in [0.2, 0.25) is 0 Å². The summed E-state index contributed by atoms with van der Waals surface area (Å²) in [7, 11) is 0. The van der Waals surface area contributed by atoms with Gasteiger partial charge in [-0.15, -0.1) is 0 Å². The fraction of sp³-hybridized carbons (Fsp3) is 0.571. The van der Waals surface area contributed by atoms with Crippen LogP contribution < -0.4 is 5.32 Å². The Balaban J connectivity index is 1.83. The molecule has 1 aromatic rings. The number of nitrogens with one attached hydrogen (secondary N) is 1. The number of hydrogen-bond donors (Lipinski definition) is 1. The third-order valence-electron chi connectivity index (χ3n) is 4.46. The normalized spacial score (nSPS) is 28.4. The Hall–Kier alpha value is -1.14. The van der Waals surface area contributed by atoms with Crippen molar-refractivity contribution in [2.75, 3.05) is 25.0 Å². The molecule has 1 aromatic carbocycles. The molecule has 0 saturated carbocycles. The van der Waals surface area contributed by atoms with E-state index in [2.05, 4.69) is 26.1 Å². The molecule has 1 N–H and O–H groups in total. The van der Waals surface area contributed by atoms with Gasteiger partial charge in [0, 0.05) is 35.2 Å². The first-order chi connectivity index (χ1) is 9.54. The van der Waals surface area contributed by atoms with E-state index in [9.17, 15) is 10.1 Å². The van der Waals surface area contributed by atoms with Crippen LogP contribution in [0.1, 0.15) is 18.4 Å². The smallest absolute Gasteiger partial charge is 0.274 e. The van der Waals surface area contributed by atoms with E-state index in [-0.39, 0.29) is 10.6 Å². The maximum absolute atomic E-state index is 11.1. The van der Waals surface area contributed by atoms with E-state index in [0.717, 1.165) is 29.7 Å². The van der Waals surface area contributed by atoms with E-state index >= 15 is 0 Å².